The number of nitrogens with zero attached hydrogens (tertiary/aromatic N) is 4. The van der Waals surface area contributed by atoms with Gasteiger partial charge in [0.2, 0.25) is 5.91 Å². The number of carbonyl (C=O) groups is 1. The number of aromatic nitrogens is 2. The molecule has 0 radical (unpaired) electrons. The Morgan fingerprint density at radius 3 is 2.52 bits per heavy atom. The zero-order valence-corrected chi connectivity index (χ0v) is 23.6. The van der Waals surface area contributed by atoms with Gasteiger partial charge in [-0.1, -0.05) is 0 Å². The number of pyridine rings is 1. The van der Waals surface area contributed by atoms with Gasteiger partial charge in [-0.05, 0) is 86.1 Å². The number of likely N-dealkylation sites (tertiary alicyclic amines) is 2. The summed E-state index contributed by atoms with van der Waals surface area (Å²) in [4.78, 5) is 24.0. The number of hydrogen-bond donors (Lipinski definition) is 2. The molecule has 6 rings (SSSR count). The summed E-state index contributed by atoms with van der Waals surface area (Å²) in [5.41, 5.74) is 5.06. The predicted molar refractivity (Wildman–Crippen MR) is 160 cm³/mol. The van der Waals surface area contributed by atoms with Crippen molar-refractivity contribution < 1.29 is 19.4 Å². The van der Waals surface area contributed by atoms with Crippen molar-refractivity contribution in [2.45, 2.75) is 31.8 Å². The minimum Gasteiger partial charge on any atom is -0.492 e. The fourth-order valence-corrected chi connectivity index (χ4v) is 5.84. The van der Waals surface area contributed by atoms with Crippen LogP contribution in [-0.2, 0) is 4.79 Å². The predicted octanol–water partition coefficient (Wildman–Crippen LogP) is 4.61. The Kier molecular flexibility index (Phi) is 8.35. The number of nitriles is 1. The average Bonchev–Trinajstić information content (AvgIpc) is 3.72. The van der Waals surface area contributed by atoms with Gasteiger partial charge in [0.05, 0.1) is 11.3 Å². The van der Waals surface area contributed by atoms with Crippen LogP contribution in [0.25, 0.3) is 33.4 Å². The van der Waals surface area contributed by atoms with E-state index in [1.807, 2.05) is 36.4 Å². The molecule has 0 saturated carbocycles. The van der Waals surface area contributed by atoms with E-state index in [0.717, 1.165) is 45.7 Å². The zero-order chi connectivity index (χ0) is 28.9. The Morgan fingerprint density at radius 1 is 1.02 bits per heavy atom. The summed E-state index contributed by atoms with van der Waals surface area (Å²) in [5, 5.41) is 20.0. The molecule has 0 spiro atoms. The minimum absolute atomic E-state index is 0.0960. The van der Waals surface area contributed by atoms with Gasteiger partial charge in [0.25, 0.3) is 0 Å². The van der Waals surface area contributed by atoms with E-state index in [-0.39, 0.29) is 12.0 Å². The molecular formula is C33H35N5O4. The molecule has 4 aromatic rings. The summed E-state index contributed by atoms with van der Waals surface area (Å²) in [6.07, 6.45) is 5.54. The van der Waals surface area contributed by atoms with Crippen molar-refractivity contribution in [2.75, 3.05) is 45.9 Å². The lowest BCUT2D eigenvalue weighted by Crippen LogP contribution is -2.42. The third kappa shape index (κ3) is 6.10. The number of benzene rings is 2. The van der Waals surface area contributed by atoms with E-state index in [1.54, 1.807) is 11.1 Å². The number of nitrogens with one attached hydrogen (secondary N) is 1. The molecule has 2 saturated heterocycles. The SMILES string of the molecule is N#Cc1cc(-c2nccc3[nH]c(-c4ccc(OCCN5CCCC5)cc4)cc23)ccc1OC1CCN(C(=O)CO)CC1. The van der Waals surface area contributed by atoms with Crippen LogP contribution in [0, 0.1) is 11.3 Å². The first-order valence-corrected chi connectivity index (χ1v) is 14.6. The van der Waals surface area contributed by atoms with Gasteiger partial charge in [-0.15, -0.1) is 0 Å². The van der Waals surface area contributed by atoms with E-state index < -0.39 is 6.61 Å². The molecular weight excluding hydrogens is 530 g/mol. The van der Waals surface area contributed by atoms with Crippen molar-refractivity contribution in [3.63, 3.8) is 0 Å². The quantitative estimate of drug-likeness (QED) is 0.305. The van der Waals surface area contributed by atoms with E-state index in [9.17, 15) is 10.1 Å². The molecule has 2 aromatic carbocycles. The van der Waals surface area contributed by atoms with E-state index in [2.05, 4.69) is 39.1 Å². The van der Waals surface area contributed by atoms with E-state index in [4.69, 9.17) is 14.6 Å². The molecule has 9 nitrogen and oxygen atoms in total. The van der Waals surface area contributed by atoms with Crippen molar-refractivity contribution in [2.24, 2.45) is 0 Å². The number of amides is 1. The van der Waals surface area contributed by atoms with E-state index in [0.29, 0.717) is 43.9 Å². The van der Waals surface area contributed by atoms with Gasteiger partial charge < -0.3 is 24.5 Å². The normalized spacial score (nSPS) is 16.0. The largest absolute Gasteiger partial charge is 0.492 e. The monoisotopic (exact) mass is 565 g/mol. The van der Waals surface area contributed by atoms with Crippen LogP contribution in [0.15, 0.2) is 60.8 Å². The van der Waals surface area contributed by atoms with Crippen molar-refractivity contribution in [1.29, 1.82) is 5.26 Å². The maximum absolute atomic E-state index is 11.7. The standard InChI is InChI=1S/C33H35N5O4/c34-21-25-19-24(5-8-31(25)42-27-10-15-38(16-11-27)32(40)22-39)33-28-20-30(36-29(28)9-12-35-33)23-3-6-26(7-4-23)41-18-17-37-13-1-2-14-37/h3-9,12,19-20,27,36,39H,1-2,10-11,13-18,22H2. The van der Waals surface area contributed by atoms with Crippen LogP contribution in [0.2, 0.25) is 0 Å². The van der Waals surface area contributed by atoms with Crippen LogP contribution in [0.1, 0.15) is 31.2 Å². The highest BCUT2D eigenvalue weighted by molar-refractivity contribution is 5.96. The van der Waals surface area contributed by atoms with Crippen LogP contribution in [-0.4, -0.2) is 82.8 Å². The molecule has 2 N–H and O–H groups in total. The molecule has 0 unspecified atom stereocenters. The molecule has 1 amide bonds. The Morgan fingerprint density at radius 2 is 1.79 bits per heavy atom. The first kappa shape index (κ1) is 27.8. The summed E-state index contributed by atoms with van der Waals surface area (Å²) >= 11 is 0. The number of aromatic amines is 1. The number of aliphatic hydroxyl groups excluding tert-OH is 1. The summed E-state index contributed by atoms with van der Waals surface area (Å²) in [6, 6.07) is 20.1. The van der Waals surface area contributed by atoms with Gasteiger partial charge in [-0.3, -0.25) is 14.7 Å². The Hall–Kier alpha value is -4.39. The first-order chi connectivity index (χ1) is 20.6. The third-order valence-electron chi connectivity index (χ3n) is 8.19. The number of rotatable bonds is 9. The molecule has 0 bridgehead atoms. The topological polar surface area (TPSA) is 115 Å². The zero-order valence-electron chi connectivity index (χ0n) is 23.6. The number of H-pyrrole nitrogens is 1. The van der Waals surface area contributed by atoms with Gasteiger partial charge in [0, 0.05) is 60.8 Å². The number of ether oxygens (including phenoxy) is 2. The Labute approximate surface area is 245 Å². The lowest BCUT2D eigenvalue weighted by Gasteiger charge is -2.32. The molecule has 216 valence electrons. The molecule has 2 aromatic heterocycles. The maximum Gasteiger partial charge on any atom is 0.248 e. The summed E-state index contributed by atoms with van der Waals surface area (Å²) in [6.45, 7) is 4.58. The lowest BCUT2D eigenvalue weighted by atomic mass is 10.0. The summed E-state index contributed by atoms with van der Waals surface area (Å²) < 4.78 is 12.1. The van der Waals surface area contributed by atoms with Crippen molar-refractivity contribution >= 4 is 16.8 Å². The highest BCUT2D eigenvalue weighted by Crippen LogP contribution is 2.34. The molecule has 4 heterocycles. The van der Waals surface area contributed by atoms with Crippen molar-refractivity contribution in [3.05, 3.63) is 66.4 Å². The number of carbonyl (C=O) groups excluding carboxylic acids is 1. The van der Waals surface area contributed by atoms with Gasteiger partial charge in [-0.25, -0.2) is 0 Å². The number of aliphatic hydroxyl groups is 1. The first-order valence-electron chi connectivity index (χ1n) is 14.6. The molecule has 0 atom stereocenters. The molecule has 2 fully saturated rings. The Balaban J connectivity index is 1.16. The second-order valence-electron chi connectivity index (χ2n) is 10.9. The average molecular weight is 566 g/mol. The maximum atomic E-state index is 11.7. The van der Waals surface area contributed by atoms with Crippen LogP contribution < -0.4 is 9.47 Å². The summed E-state index contributed by atoms with van der Waals surface area (Å²) in [5.74, 6) is 1.13. The van der Waals surface area contributed by atoms with Crippen molar-refractivity contribution in [1.82, 2.24) is 19.8 Å². The number of fused-ring (bicyclic) bond motifs is 1. The lowest BCUT2D eigenvalue weighted by molar-refractivity contribution is -0.135. The van der Waals surface area contributed by atoms with Gasteiger partial charge in [0.1, 0.15) is 36.9 Å². The molecule has 9 heteroatoms. The minimum atomic E-state index is -0.477. The second kappa shape index (κ2) is 12.6. The van der Waals surface area contributed by atoms with E-state index in [1.165, 1.54) is 25.9 Å². The second-order valence-corrected chi connectivity index (χ2v) is 10.9. The smallest absolute Gasteiger partial charge is 0.248 e. The molecule has 42 heavy (non-hydrogen) atoms. The number of hydrogen-bond acceptors (Lipinski definition) is 7. The van der Waals surface area contributed by atoms with Crippen LogP contribution in [0.4, 0.5) is 0 Å². The van der Waals surface area contributed by atoms with Crippen LogP contribution in [0.5, 0.6) is 11.5 Å². The van der Waals surface area contributed by atoms with Crippen LogP contribution >= 0.6 is 0 Å². The van der Waals surface area contributed by atoms with Gasteiger partial charge in [-0.2, -0.15) is 5.26 Å². The van der Waals surface area contributed by atoms with Crippen LogP contribution in [0.3, 0.4) is 0 Å². The molecule has 0 aliphatic carbocycles. The fourth-order valence-electron chi connectivity index (χ4n) is 5.84. The molecule has 2 aliphatic rings. The van der Waals surface area contributed by atoms with E-state index >= 15 is 0 Å². The highest BCUT2D eigenvalue weighted by atomic mass is 16.5. The summed E-state index contributed by atoms with van der Waals surface area (Å²) in [7, 11) is 0. The van der Waals surface area contributed by atoms with Gasteiger partial charge in [0.15, 0.2) is 0 Å². The number of piperidine rings is 1. The Bertz CT molecular complexity index is 1580. The molecule has 2 aliphatic heterocycles. The van der Waals surface area contributed by atoms with Gasteiger partial charge >= 0.3 is 0 Å². The van der Waals surface area contributed by atoms with Crippen molar-refractivity contribution in [3.8, 4) is 40.1 Å². The fraction of sp³-hybridized carbons (Fsp3) is 0.364. The highest BCUT2D eigenvalue weighted by Gasteiger charge is 2.24. The third-order valence-corrected chi connectivity index (χ3v) is 8.19.